The van der Waals surface area contributed by atoms with Gasteiger partial charge in [-0.15, -0.1) is 0 Å². The molecule has 2 aromatic rings. The van der Waals surface area contributed by atoms with Crippen LogP contribution in [0.3, 0.4) is 0 Å². The molecule has 0 aliphatic heterocycles. The molecular weight excluding hydrogens is 266 g/mol. The summed E-state index contributed by atoms with van der Waals surface area (Å²) < 4.78 is 5.08. The Bertz CT molecular complexity index is 584. The van der Waals surface area contributed by atoms with Crippen molar-refractivity contribution in [1.29, 1.82) is 0 Å². The van der Waals surface area contributed by atoms with E-state index in [0.29, 0.717) is 12.2 Å². The van der Waals surface area contributed by atoms with Crippen LogP contribution < -0.4 is 5.32 Å². The van der Waals surface area contributed by atoms with E-state index in [1.165, 1.54) is 0 Å². The summed E-state index contributed by atoms with van der Waals surface area (Å²) in [4.78, 5) is 12.2. The lowest BCUT2D eigenvalue weighted by atomic mass is 10.1. The number of aliphatic hydroxyl groups excluding tert-OH is 1. The molecule has 2 N–H and O–H groups in total. The van der Waals surface area contributed by atoms with Crippen molar-refractivity contribution < 1.29 is 14.6 Å². The van der Waals surface area contributed by atoms with Crippen LogP contribution in [0.1, 0.15) is 27.6 Å². The molecule has 0 spiro atoms. The second-order valence-corrected chi connectivity index (χ2v) is 4.73. The highest BCUT2D eigenvalue weighted by molar-refractivity contribution is 5.95. The molecule has 0 fully saturated rings. The first-order valence-electron chi connectivity index (χ1n) is 6.80. The number of hydrogen-bond acceptors (Lipinski definition) is 3. The maximum atomic E-state index is 12.2. The fourth-order valence-corrected chi connectivity index (χ4v) is 2.10. The molecule has 1 unspecified atom stereocenters. The van der Waals surface area contributed by atoms with Gasteiger partial charge in [0.1, 0.15) is 0 Å². The van der Waals surface area contributed by atoms with Crippen LogP contribution in [0.4, 0.5) is 0 Å². The number of carbonyl (C=O) groups excluding carboxylic acids is 1. The largest absolute Gasteiger partial charge is 0.387 e. The van der Waals surface area contributed by atoms with Crippen LogP contribution in [-0.4, -0.2) is 24.7 Å². The van der Waals surface area contributed by atoms with Gasteiger partial charge in [0, 0.05) is 19.2 Å². The van der Waals surface area contributed by atoms with Gasteiger partial charge in [0.25, 0.3) is 5.91 Å². The number of ether oxygens (including phenoxy) is 1. The second-order valence-electron chi connectivity index (χ2n) is 4.73. The molecule has 0 heterocycles. The normalized spacial score (nSPS) is 11.9. The van der Waals surface area contributed by atoms with Crippen LogP contribution in [0.2, 0.25) is 0 Å². The average molecular weight is 285 g/mol. The van der Waals surface area contributed by atoms with Gasteiger partial charge in [-0.25, -0.2) is 0 Å². The lowest BCUT2D eigenvalue weighted by molar-refractivity contribution is 0.0911. The van der Waals surface area contributed by atoms with Crippen molar-refractivity contribution in [3.63, 3.8) is 0 Å². The molecule has 2 aromatic carbocycles. The van der Waals surface area contributed by atoms with Crippen molar-refractivity contribution in [2.75, 3.05) is 13.7 Å². The summed E-state index contributed by atoms with van der Waals surface area (Å²) in [5.74, 6) is -0.211. The minimum absolute atomic E-state index is 0.171. The molecule has 0 saturated heterocycles. The van der Waals surface area contributed by atoms with E-state index in [1.54, 1.807) is 13.2 Å². The van der Waals surface area contributed by atoms with Crippen molar-refractivity contribution in [3.05, 3.63) is 71.3 Å². The van der Waals surface area contributed by atoms with Crippen LogP contribution in [-0.2, 0) is 11.3 Å². The van der Waals surface area contributed by atoms with E-state index in [4.69, 9.17) is 4.74 Å². The van der Waals surface area contributed by atoms with E-state index in [2.05, 4.69) is 5.32 Å². The van der Waals surface area contributed by atoms with Crippen LogP contribution >= 0.6 is 0 Å². The minimum atomic E-state index is -0.718. The smallest absolute Gasteiger partial charge is 0.251 e. The van der Waals surface area contributed by atoms with E-state index >= 15 is 0 Å². The molecule has 4 nitrogen and oxygen atoms in total. The Morgan fingerprint density at radius 1 is 1.14 bits per heavy atom. The maximum absolute atomic E-state index is 12.2. The molecule has 21 heavy (non-hydrogen) atoms. The Balaban J connectivity index is 1.99. The highest BCUT2D eigenvalue weighted by atomic mass is 16.5. The maximum Gasteiger partial charge on any atom is 0.251 e. The van der Waals surface area contributed by atoms with Gasteiger partial charge in [0.15, 0.2) is 0 Å². The Morgan fingerprint density at radius 2 is 1.81 bits per heavy atom. The third-order valence-electron chi connectivity index (χ3n) is 3.20. The van der Waals surface area contributed by atoms with Crippen LogP contribution in [0.15, 0.2) is 54.6 Å². The van der Waals surface area contributed by atoms with E-state index in [1.807, 2.05) is 48.5 Å². The molecule has 0 aliphatic carbocycles. The van der Waals surface area contributed by atoms with Gasteiger partial charge in [-0.2, -0.15) is 0 Å². The molecule has 1 atom stereocenters. The van der Waals surface area contributed by atoms with Gasteiger partial charge >= 0.3 is 0 Å². The molecule has 110 valence electrons. The fourth-order valence-electron chi connectivity index (χ4n) is 2.10. The fraction of sp³-hybridized carbons (Fsp3) is 0.235. The molecule has 0 aliphatic rings. The third kappa shape index (κ3) is 4.15. The molecule has 2 rings (SSSR count). The lowest BCUT2D eigenvalue weighted by Gasteiger charge is -2.13. The summed E-state index contributed by atoms with van der Waals surface area (Å²) in [6.45, 7) is 0.551. The Labute approximate surface area is 124 Å². The highest BCUT2D eigenvalue weighted by Crippen LogP contribution is 2.13. The van der Waals surface area contributed by atoms with Crippen LogP contribution in [0.5, 0.6) is 0 Å². The number of nitrogens with one attached hydrogen (secondary N) is 1. The van der Waals surface area contributed by atoms with Gasteiger partial charge in [0.05, 0.1) is 12.7 Å². The summed E-state index contributed by atoms with van der Waals surface area (Å²) in [5.41, 5.74) is 2.18. The van der Waals surface area contributed by atoms with E-state index < -0.39 is 6.10 Å². The number of rotatable bonds is 6. The van der Waals surface area contributed by atoms with Gasteiger partial charge < -0.3 is 15.2 Å². The molecule has 0 aromatic heterocycles. The number of amides is 1. The Kier molecular flexibility index (Phi) is 5.49. The number of hydrogen-bond donors (Lipinski definition) is 2. The lowest BCUT2D eigenvalue weighted by Crippen LogP contribution is -2.29. The van der Waals surface area contributed by atoms with E-state index in [9.17, 15) is 9.90 Å². The zero-order valence-electron chi connectivity index (χ0n) is 12.0. The quantitative estimate of drug-likeness (QED) is 0.856. The van der Waals surface area contributed by atoms with Crippen LogP contribution in [0, 0.1) is 0 Å². The predicted molar refractivity (Wildman–Crippen MR) is 80.9 cm³/mol. The number of carbonyl (C=O) groups is 1. The van der Waals surface area contributed by atoms with Crippen molar-refractivity contribution >= 4 is 5.91 Å². The van der Waals surface area contributed by atoms with Crippen molar-refractivity contribution in [2.45, 2.75) is 12.7 Å². The molecule has 4 heteroatoms. The van der Waals surface area contributed by atoms with Gasteiger partial charge in [-0.05, 0) is 17.2 Å². The monoisotopic (exact) mass is 285 g/mol. The zero-order valence-corrected chi connectivity index (χ0v) is 12.0. The second kappa shape index (κ2) is 7.57. The van der Waals surface area contributed by atoms with Gasteiger partial charge in [-0.1, -0.05) is 48.5 Å². The molecule has 1 amide bonds. The highest BCUT2D eigenvalue weighted by Gasteiger charge is 2.13. The molecule has 0 saturated carbocycles. The zero-order chi connectivity index (χ0) is 15.1. The average Bonchev–Trinajstić information content (AvgIpc) is 2.54. The van der Waals surface area contributed by atoms with Crippen molar-refractivity contribution in [2.24, 2.45) is 0 Å². The first-order valence-corrected chi connectivity index (χ1v) is 6.80. The minimum Gasteiger partial charge on any atom is -0.387 e. The SMILES string of the molecule is COCc1ccccc1C(=O)NCC(O)c1ccccc1. The van der Waals surface area contributed by atoms with Crippen LogP contribution in [0.25, 0.3) is 0 Å². The summed E-state index contributed by atoms with van der Waals surface area (Å²) >= 11 is 0. The van der Waals surface area contributed by atoms with Crippen molar-refractivity contribution in [3.8, 4) is 0 Å². The molecule has 0 radical (unpaired) electrons. The Morgan fingerprint density at radius 3 is 2.52 bits per heavy atom. The van der Waals surface area contributed by atoms with Gasteiger partial charge in [0.2, 0.25) is 0 Å². The standard InChI is InChI=1S/C17H19NO3/c1-21-12-14-9-5-6-10-15(14)17(20)18-11-16(19)13-7-3-2-4-8-13/h2-10,16,19H,11-12H2,1H3,(H,18,20). The summed E-state index contributed by atoms with van der Waals surface area (Å²) in [6.07, 6.45) is -0.718. The van der Waals surface area contributed by atoms with Crippen molar-refractivity contribution in [1.82, 2.24) is 5.32 Å². The number of methoxy groups -OCH3 is 1. The summed E-state index contributed by atoms with van der Waals surface area (Å²) in [7, 11) is 1.59. The number of benzene rings is 2. The summed E-state index contributed by atoms with van der Waals surface area (Å²) in [6, 6.07) is 16.5. The predicted octanol–water partition coefficient (Wildman–Crippen LogP) is 2.30. The molecule has 0 bridgehead atoms. The van der Waals surface area contributed by atoms with Gasteiger partial charge in [-0.3, -0.25) is 4.79 Å². The first kappa shape index (κ1) is 15.2. The molecular formula is C17H19NO3. The van der Waals surface area contributed by atoms with E-state index in [-0.39, 0.29) is 12.5 Å². The number of aliphatic hydroxyl groups is 1. The third-order valence-corrected chi connectivity index (χ3v) is 3.20. The Hall–Kier alpha value is -2.17. The first-order chi connectivity index (χ1) is 10.2. The topological polar surface area (TPSA) is 58.6 Å². The summed E-state index contributed by atoms with van der Waals surface area (Å²) in [5, 5.41) is 12.8. The van der Waals surface area contributed by atoms with E-state index in [0.717, 1.165) is 11.1 Å².